The summed E-state index contributed by atoms with van der Waals surface area (Å²) in [6, 6.07) is 9.68. The monoisotopic (exact) mass is 282 g/mol. The van der Waals surface area contributed by atoms with E-state index in [4.69, 9.17) is 5.84 Å². The number of rotatable bonds is 4. The van der Waals surface area contributed by atoms with Crippen molar-refractivity contribution in [1.82, 2.24) is 24.7 Å². The standard InChI is InChI=1S/C13H14N8/c1-9-3-5-10(6-4-9)16-11-17-12(20-14)19-13(18-11)21-8-2-7-15-21/h2-8H,14H2,1H3,(H2,16,17,18,19,20). The first kappa shape index (κ1) is 13.0. The van der Waals surface area contributed by atoms with Gasteiger partial charge in [-0.2, -0.15) is 20.1 Å². The smallest absolute Gasteiger partial charge is 0.257 e. The van der Waals surface area contributed by atoms with Gasteiger partial charge in [0.1, 0.15) is 0 Å². The topological polar surface area (TPSA) is 107 Å². The van der Waals surface area contributed by atoms with Crippen molar-refractivity contribution >= 4 is 17.6 Å². The minimum Gasteiger partial charge on any atom is -0.324 e. The maximum atomic E-state index is 5.39. The SMILES string of the molecule is Cc1ccc(Nc2nc(NN)nc(-n3cccn3)n2)cc1. The van der Waals surface area contributed by atoms with Gasteiger partial charge >= 0.3 is 0 Å². The van der Waals surface area contributed by atoms with E-state index in [0.717, 1.165) is 5.69 Å². The van der Waals surface area contributed by atoms with Crippen LogP contribution < -0.4 is 16.6 Å². The summed E-state index contributed by atoms with van der Waals surface area (Å²) in [4.78, 5) is 12.6. The second-order valence-corrected chi connectivity index (χ2v) is 4.37. The van der Waals surface area contributed by atoms with Gasteiger partial charge in [0.15, 0.2) is 0 Å². The lowest BCUT2D eigenvalue weighted by atomic mass is 10.2. The van der Waals surface area contributed by atoms with Crippen LogP contribution in [-0.2, 0) is 0 Å². The van der Waals surface area contributed by atoms with Gasteiger partial charge in [0.25, 0.3) is 5.95 Å². The molecule has 8 heteroatoms. The minimum atomic E-state index is 0.255. The molecule has 0 aliphatic rings. The highest BCUT2D eigenvalue weighted by atomic mass is 15.4. The van der Waals surface area contributed by atoms with Crippen LogP contribution in [0.2, 0.25) is 0 Å². The van der Waals surface area contributed by atoms with Crippen LogP contribution in [0, 0.1) is 6.92 Å². The average Bonchev–Trinajstić information content (AvgIpc) is 3.04. The molecule has 106 valence electrons. The molecule has 0 fully saturated rings. The lowest BCUT2D eigenvalue weighted by Gasteiger charge is -2.08. The summed E-state index contributed by atoms with van der Waals surface area (Å²) >= 11 is 0. The number of nitrogens with two attached hydrogens (primary N) is 1. The van der Waals surface area contributed by atoms with Gasteiger partial charge in [0.2, 0.25) is 11.9 Å². The number of nitrogens with zero attached hydrogens (tertiary/aromatic N) is 5. The van der Waals surface area contributed by atoms with Crippen LogP contribution >= 0.6 is 0 Å². The first-order chi connectivity index (χ1) is 10.2. The van der Waals surface area contributed by atoms with Crippen LogP contribution in [-0.4, -0.2) is 24.7 Å². The number of benzene rings is 1. The fourth-order valence-corrected chi connectivity index (χ4v) is 1.74. The zero-order valence-corrected chi connectivity index (χ0v) is 11.4. The van der Waals surface area contributed by atoms with Crippen LogP contribution in [0.15, 0.2) is 42.7 Å². The highest BCUT2D eigenvalue weighted by molar-refractivity contribution is 5.55. The van der Waals surface area contributed by atoms with Crippen molar-refractivity contribution in [3.05, 3.63) is 48.3 Å². The molecule has 0 spiro atoms. The predicted molar refractivity (Wildman–Crippen MR) is 79.2 cm³/mol. The van der Waals surface area contributed by atoms with E-state index < -0.39 is 0 Å². The minimum absolute atomic E-state index is 0.255. The molecule has 8 nitrogen and oxygen atoms in total. The summed E-state index contributed by atoms with van der Waals surface area (Å²) in [6.45, 7) is 2.03. The Morgan fingerprint density at radius 3 is 2.48 bits per heavy atom. The molecule has 0 unspecified atom stereocenters. The summed E-state index contributed by atoms with van der Waals surface area (Å²) in [5.74, 6) is 6.40. The summed E-state index contributed by atoms with van der Waals surface area (Å²) in [5, 5.41) is 7.20. The summed E-state index contributed by atoms with van der Waals surface area (Å²) in [5.41, 5.74) is 4.48. The van der Waals surface area contributed by atoms with E-state index in [0.29, 0.717) is 11.9 Å². The Morgan fingerprint density at radius 2 is 1.81 bits per heavy atom. The number of hydrazine groups is 1. The molecule has 4 N–H and O–H groups in total. The van der Waals surface area contributed by atoms with Crippen LogP contribution in [0.4, 0.5) is 17.6 Å². The van der Waals surface area contributed by atoms with E-state index in [-0.39, 0.29) is 5.95 Å². The molecule has 0 atom stereocenters. The van der Waals surface area contributed by atoms with Crippen molar-refractivity contribution in [1.29, 1.82) is 0 Å². The van der Waals surface area contributed by atoms with Crippen molar-refractivity contribution in [3.63, 3.8) is 0 Å². The van der Waals surface area contributed by atoms with E-state index in [1.165, 1.54) is 10.2 Å². The van der Waals surface area contributed by atoms with Gasteiger partial charge in [0, 0.05) is 18.1 Å². The second kappa shape index (κ2) is 5.55. The lowest BCUT2D eigenvalue weighted by molar-refractivity contribution is 0.799. The van der Waals surface area contributed by atoms with E-state index in [1.807, 2.05) is 31.2 Å². The van der Waals surface area contributed by atoms with Gasteiger partial charge in [0.05, 0.1) is 0 Å². The molecule has 3 rings (SSSR count). The third kappa shape index (κ3) is 2.95. The Kier molecular flexibility index (Phi) is 3.44. The molecule has 2 aromatic heterocycles. The third-order valence-corrected chi connectivity index (χ3v) is 2.77. The first-order valence-electron chi connectivity index (χ1n) is 6.31. The zero-order chi connectivity index (χ0) is 14.7. The van der Waals surface area contributed by atoms with Crippen LogP contribution in [0.5, 0.6) is 0 Å². The van der Waals surface area contributed by atoms with Crippen LogP contribution in [0.3, 0.4) is 0 Å². The van der Waals surface area contributed by atoms with Crippen molar-refractivity contribution in [2.75, 3.05) is 10.7 Å². The molecule has 3 aromatic rings. The maximum Gasteiger partial charge on any atom is 0.257 e. The molecule has 0 aliphatic heterocycles. The fraction of sp³-hybridized carbons (Fsp3) is 0.0769. The highest BCUT2D eigenvalue weighted by Crippen LogP contribution is 2.15. The predicted octanol–water partition coefficient (Wildman–Crippen LogP) is 1.39. The van der Waals surface area contributed by atoms with E-state index in [2.05, 4.69) is 30.8 Å². The Balaban J connectivity index is 1.94. The van der Waals surface area contributed by atoms with Crippen molar-refractivity contribution in [2.24, 2.45) is 5.84 Å². The maximum absolute atomic E-state index is 5.39. The molecule has 0 saturated carbocycles. The fourth-order valence-electron chi connectivity index (χ4n) is 1.74. The van der Waals surface area contributed by atoms with Gasteiger partial charge in [-0.05, 0) is 25.1 Å². The Hall–Kier alpha value is -3.00. The van der Waals surface area contributed by atoms with Gasteiger partial charge in [-0.3, -0.25) is 5.43 Å². The zero-order valence-electron chi connectivity index (χ0n) is 11.4. The molecule has 2 heterocycles. The number of nitrogens with one attached hydrogen (secondary N) is 2. The molecule has 0 radical (unpaired) electrons. The molecule has 1 aromatic carbocycles. The quantitative estimate of drug-likeness (QED) is 0.490. The molecule has 0 amide bonds. The van der Waals surface area contributed by atoms with Gasteiger partial charge in [-0.1, -0.05) is 17.7 Å². The number of anilines is 3. The number of aryl methyl sites for hydroxylation is 1. The Labute approximate surface area is 121 Å². The highest BCUT2D eigenvalue weighted by Gasteiger charge is 2.08. The number of nitrogen functional groups attached to an aromatic ring is 1. The number of aromatic nitrogens is 5. The van der Waals surface area contributed by atoms with Crippen molar-refractivity contribution < 1.29 is 0 Å². The van der Waals surface area contributed by atoms with Gasteiger partial charge in [-0.15, -0.1) is 0 Å². The van der Waals surface area contributed by atoms with E-state index >= 15 is 0 Å². The molecule has 21 heavy (non-hydrogen) atoms. The normalized spacial score (nSPS) is 10.4. The van der Waals surface area contributed by atoms with Crippen LogP contribution in [0.25, 0.3) is 5.95 Å². The Bertz CT molecular complexity index is 720. The largest absolute Gasteiger partial charge is 0.324 e. The summed E-state index contributed by atoms with van der Waals surface area (Å²) in [7, 11) is 0. The first-order valence-corrected chi connectivity index (χ1v) is 6.31. The molecule has 0 saturated heterocycles. The van der Waals surface area contributed by atoms with Crippen LogP contribution in [0.1, 0.15) is 5.56 Å². The molecule has 0 aliphatic carbocycles. The van der Waals surface area contributed by atoms with Gasteiger partial charge < -0.3 is 5.32 Å². The summed E-state index contributed by atoms with van der Waals surface area (Å²) < 4.78 is 1.53. The molecular weight excluding hydrogens is 268 g/mol. The number of hydrogen-bond acceptors (Lipinski definition) is 7. The number of hydrogen-bond donors (Lipinski definition) is 3. The van der Waals surface area contributed by atoms with Crippen molar-refractivity contribution in [3.8, 4) is 5.95 Å². The lowest BCUT2D eigenvalue weighted by Crippen LogP contribution is -2.15. The van der Waals surface area contributed by atoms with E-state index in [1.54, 1.807) is 18.5 Å². The summed E-state index contributed by atoms with van der Waals surface area (Å²) in [6.07, 6.45) is 3.39. The molecule has 0 bridgehead atoms. The third-order valence-electron chi connectivity index (χ3n) is 2.77. The average molecular weight is 282 g/mol. The second-order valence-electron chi connectivity index (χ2n) is 4.37. The Morgan fingerprint density at radius 1 is 1.05 bits per heavy atom. The van der Waals surface area contributed by atoms with E-state index in [9.17, 15) is 0 Å². The molecular formula is C13H14N8. The van der Waals surface area contributed by atoms with Crippen molar-refractivity contribution in [2.45, 2.75) is 6.92 Å². The van der Waals surface area contributed by atoms with Gasteiger partial charge in [-0.25, -0.2) is 10.5 Å².